The van der Waals surface area contributed by atoms with Crippen LogP contribution in [0.4, 0.5) is 13.2 Å². The molecule has 6 nitrogen and oxygen atoms in total. The second kappa shape index (κ2) is 7.47. The number of nitrogens with zero attached hydrogens (tertiary/aromatic N) is 2. The zero-order valence-corrected chi connectivity index (χ0v) is 13.7. The van der Waals surface area contributed by atoms with E-state index in [1.54, 1.807) is 18.4 Å². The summed E-state index contributed by atoms with van der Waals surface area (Å²) in [5, 5.41) is 13.0. The topological polar surface area (TPSA) is 82.5 Å². The van der Waals surface area contributed by atoms with Crippen LogP contribution in [0.15, 0.2) is 11.6 Å². The highest BCUT2D eigenvalue weighted by Crippen LogP contribution is 2.43. The van der Waals surface area contributed by atoms with E-state index >= 15 is 0 Å². The number of halogens is 3. The van der Waals surface area contributed by atoms with Gasteiger partial charge in [0.25, 0.3) is 0 Å². The third-order valence-corrected chi connectivity index (χ3v) is 5.04. The van der Waals surface area contributed by atoms with Crippen LogP contribution in [0, 0.1) is 5.92 Å². The molecule has 2 unspecified atom stereocenters. The third kappa shape index (κ3) is 4.23. The summed E-state index contributed by atoms with van der Waals surface area (Å²) in [6.45, 7) is 0.830. The molecule has 3 rings (SSSR count). The molecule has 134 valence electrons. The fourth-order valence-corrected chi connectivity index (χ4v) is 3.93. The van der Waals surface area contributed by atoms with Crippen molar-refractivity contribution in [3.8, 4) is 0 Å². The Balaban J connectivity index is 0.000000256. The lowest BCUT2D eigenvalue weighted by atomic mass is 9.98. The molecule has 2 bridgehead atoms. The van der Waals surface area contributed by atoms with Crippen LogP contribution >= 0.6 is 11.3 Å². The van der Waals surface area contributed by atoms with Crippen LogP contribution in [0.1, 0.15) is 24.3 Å². The fourth-order valence-electron chi connectivity index (χ4n) is 3.30. The van der Waals surface area contributed by atoms with Gasteiger partial charge in [0.1, 0.15) is 5.01 Å². The number of alkyl halides is 3. The second-order valence-corrected chi connectivity index (χ2v) is 6.67. The molecule has 3 atom stereocenters. The van der Waals surface area contributed by atoms with Crippen molar-refractivity contribution >= 4 is 23.2 Å². The lowest BCUT2D eigenvalue weighted by Crippen LogP contribution is -2.49. The van der Waals surface area contributed by atoms with E-state index in [0.717, 1.165) is 11.6 Å². The van der Waals surface area contributed by atoms with Gasteiger partial charge in [0.15, 0.2) is 0 Å². The van der Waals surface area contributed by atoms with Gasteiger partial charge in [-0.2, -0.15) is 13.2 Å². The summed E-state index contributed by atoms with van der Waals surface area (Å²) >= 11 is 1.67. The first-order chi connectivity index (χ1) is 11.2. The largest absolute Gasteiger partial charge is 0.490 e. The molecule has 10 heteroatoms. The van der Waals surface area contributed by atoms with E-state index in [9.17, 15) is 18.0 Å². The molecule has 1 amide bonds. The number of amides is 1. The molecule has 1 aromatic rings. The van der Waals surface area contributed by atoms with Gasteiger partial charge in [-0.3, -0.25) is 9.69 Å². The summed E-state index contributed by atoms with van der Waals surface area (Å²) < 4.78 is 31.7. The maximum absolute atomic E-state index is 12.0. The number of hydrogen-bond acceptors (Lipinski definition) is 5. The lowest BCUT2D eigenvalue weighted by Gasteiger charge is -2.33. The van der Waals surface area contributed by atoms with Crippen LogP contribution < -0.4 is 5.32 Å². The van der Waals surface area contributed by atoms with Crippen molar-refractivity contribution in [1.82, 2.24) is 15.2 Å². The van der Waals surface area contributed by atoms with E-state index in [1.165, 1.54) is 19.3 Å². The van der Waals surface area contributed by atoms with Gasteiger partial charge in [-0.05, 0) is 25.2 Å². The van der Waals surface area contributed by atoms with Gasteiger partial charge >= 0.3 is 12.1 Å². The van der Waals surface area contributed by atoms with E-state index in [0.29, 0.717) is 12.0 Å². The Hall–Kier alpha value is -1.68. The predicted octanol–water partition coefficient (Wildman–Crippen LogP) is 1.88. The van der Waals surface area contributed by atoms with Crippen molar-refractivity contribution in [3.63, 3.8) is 0 Å². The van der Waals surface area contributed by atoms with Crippen molar-refractivity contribution in [2.24, 2.45) is 5.92 Å². The van der Waals surface area contributed by atoms with Gasteiger partial charge in [0.2, 0.25) is 5.91 Å². The van der Waals surface area contributed by atoms with Gasteiger partial charge in [0.05, 0.1) is 12.6 Å². The summed E-state index contributed by atoms with van der Waals surface area (Å²) in [4.78, 5) is 27.5. The van der Waals surface area contributed by atoms with Gasteiger partial charge in [-0.25, -0.2) is 9.78 Å². The molecule has 2 heterocycles. The number of hydrogen-bond donors (Lipinski definition) is 2. The highest BCUT2D eigenvalue weighted by Gasteiger charge is 2.48. The van der Waals surface area contributed by atoms with Crippen molar-refractivity contribution in [2.75, 3.05) is 7.05 Å². The van der Waals surface area contributed by atoms with E-state index in [1.807, 2.05) is 11.6 Å². The number of rotatable bonds is 3. The number of aromatic nitrogens is 1. The molecular formula is C14H18F3N3O3S. The number of likely N-dealkylation sites (N-methyl/N-ethyl adjacent to an activating group) is 1. The molecule has 1 saturated carbocycles. The molecule has 24 heavy (non-hydrogen) atoms. The van der Waals surface area contributed by atoms with E-state index in [2.05, 4.69) is 15.2 Å². The van der Waals surface area contributed by atoms with Crippen molar-refractivity contribution in [3.05, 3.63) is 16.6 Å². The maximum atomic E-state index is 12.0. The molecular weight excluding hydrogens is 347 g/mol. The van der Waals surface area contributed by atoms with Gasteiger partial charge in [-0.1, -0.05) is 0 Å². The number of piperidine rings is 1. The number of carbonyl (C=O) groups excluding carboxylic acids is 1. The summed E-state index contributed by atoms with van der Waals surface area (Å²) in [6.07, 6.45) is 0.382. The van der Waals surface area contributed by atoms with E-state index in [-0.39, 0.29) is 11.9 Å². The maximum Gasteiger partial charge on any atom is 0.490 e. The number of nitrogens with one attached hydrogen (secondary N) is 1. The van der Waals surface area contributed by atoms with Crippen molar-refractivity contribution < 1.29 is 27.9 Å². The summed E-state index contributed by atoms with van der Waals surface area (Å²) in [5.74, 6) is -2.03. The lowest BCUT2D eigenvalue weighted by molar-refractivity contribution is -0.192. The summed E-state index contributed by atoms with van der Waals surface area (Å²) in [6, 6.07) is 0.661. The number of carboxylic acids is 1. The van der Waals surface area contributed by atoms with Crippen LogP contribution in [0.3, 0.4) is 0 Å². The Labute approximate surface area is 140 Å². The van der Waals surface area contributed by atoms with E-state index < -0.39 is 12.1 Å². The minimum absolute atomic E-state index is 0.0719. The normalized spacial score (nSPS) is 25.9. The number of aliphatic carboxylic acids is 1. The zero-order valence-electron chi connectivity index (χ0n) is 12.9. The number of carboxylic acid groups (broad SMARTS) is 1. The highest BCUT2D eigenvalue weighted by molar-refractivity contribution is 7.09. The van der Waals surface area contributed by atoms with Crippen LogP contribution in [-0.4, -0.2) is 52.2 Å². The smallest absolute Gasteiger partial charge is 0.475 e. The minimum Gasteiger partial charge on any atom is -0.475 e. The van der Waals surface area contributed by atoms with Crippen LogP contribution in [-0.2, 0) is 16.1 Å². The number of likely N-dealkylation sites (tertiary alicyclic amines) is 1. The Morgan fingerprint density at radius 3 is 2.62 bits per heavy atom. The predicted molar refractivity (Wildman–Crippen MR) is 80.3 cm³/mol. The zero-order chi connectivity index (χ0) is 17.9. The van der Waals surface area contributed by atoms with E-state index in [4.69, 9.17) is 9.90 Å². The molecule has 1 aliphatic heterocycles. The van der Waals surface area contributed by atoms with Crippen LogP contribution in [0.2, 0.25) is 0 Å². The number of thiazole rings is 1. The Morgan fingerprint density at radius 2 is 2.12 bits per heavy atom. The van der Waals surface area contributed by atoms with Crippen molar-refractivity contribution in [2.45, 2.75) is 44.1 Å². The first-order valence-corrected chi connectivity index (χ1v) is 8.27. The number of carbonyl (C=O) groups is 2. The molecule has 0 aromatic carbocycles. The molecule has 2 N–H and O–H groups in total. The Kier molecular flexibility index (Phi) is 5.81. The third-order valence-electron chi connectivity index (χ3n) is 4.28. The van der Waals surface area contributed by atoms with Gasteiger partial charge < -0.3 is 10.4 Å². The molecule has 2 aliphatic rings. The highest BCUT2D eigenvalue weighted by atomic mass is 32.1. The van der Waals surface area contributed by atoms with Crippen LogP contribution in [0.5, 0.6) is 0 Å². The molecule has 2 fully saturated rings. The average molecular weight is 365 g/mol. The van der Waals surface area contributed by atoms with Crippen molar-refractivity contribution in [1.29, 1.82) is 0 Å². The summed E-state index contributed by atoms with van der Waals surface area (Å²) in [5.41, 5.74) is 0. The average Bonchev–Trinajstić information content (AvgIpc) is 3.23. The Bertz CT molecular complexity index is 580. The van der Waals surface area contributed by atoms with Gasteiger partial charge in [0, 0.05) is 24.7 Å². The first kappa shape index (κ1) is 18.7. The fraction of sp³-hybridized carbons (Fsp3) is 0.643. The number of fused-ring (bicyclic) bond motifs is 2. The molecule has 1 aliphatic carbocycles. The molecule has 1 saturated heterocycles. The summed E-state index contributed by atoms with van der Waals surface area (Å²) in [7, 11) is 1.73. The SMILES string of the molecule is CNC(=O)[C@@H]1C2CCC(C2)N1Cc1nccs1.O=C(O)C(F)(F)F. The quantitative estimate of drug-likeness (QED) is 0.855. The second-order valence-electron chi connectivity index (χ2n) is 5.69. The molecule has 0 radical (unpaired) electrons. The van der Waals surface area contributed by atoms with Gasteiger partial charge in [-0.15, -0.1) is 11.3 Å². The Morgan fingerprint density at radius 1 is 1.46 bits per heavy atom. The monoisotopic (exact) mass is 365 g/mol. The first-order valence-electron chi connectivity index (χ1n) is 7.39. The minimum atomic E-state index is -5.08. The van der Waals surface area contributed by atoms with Crippen LogP contribution in [0.25, 0.3) is 0 Å². The standard InChI is InChI=1S/C12H17N3OS.C2HF3O2/c1-13-12(16)11-8-2-3-9(6-8)15(11)7-10-14-4-5-17-10;3-2(4,5)1(6)7/h4-5,8-9,11H,2-3,6-7H2,1H3,(H,13,16);(H,6,7)/t8?,9?,11-;/m0./s1. The molecule has 1 aromatic heterocycles. The molecule has 0 spiro atoms.